The Morgan fingerprint density at radius 2 is 1.67 bits per heavy atom. The lowest BCUT2D eigenvalue weighted by Gasteiger charge is -2.21. The van der Waals surface area contributed by atoms with Gasteiger partial charge in [-0.2, -0.15) is 13.2 Å². The molecule has 0 aliphatic heterocycles. The predicted molar refractivity (Wildman–Crippen MR) is 56.2 cm³/mol. The van der Waals surface area contributed by atoms with Crippen LogP contribution >= 0.6 is 0 Å². The van der Waals surface area contributed by atoms with Crippen molar-refractivity contribution in [2.45, 2.75) is 40.3 Å². The molecule has 0 unspecified atom stereocenters. The summed E-state index contributed by atoms with van der Waals surface area (Å²) in [6.07, 6.45) is -0.978. The Bertz CT molecular complexity index is 267. The molecule has 0 heterocycles. The molecule has 0 aliphatic rings. The Balaban J connectivity index is 5.10. The molecule has 0 amide bonds. The molecule has 0 saturated heterocycles. The van der Waals surface area contributed by atoms with Crippen LogP contribution in [0.5, 0.6) is 0 Å². The van der Waals surface area contributed by atoms with Crippen LogP contribution in [0.2, 0.25) is 0 Å². The molecule has 0 saturated carbocycles. The first-order valence-electron chi connectivity index (χ1n) is 4.84. The SMILES string of the molecule is CC/C=C(\C=C(/N)C(F)(F)F)C(C)(C)C. The Kier molecular flexibility index (Phi) is 4.43. The number of nitrogens with two attached hydrogens (primary N) is 1. The second kappa shape index (κ2) is 4.73. The predicted octanol–water partition coefficient (Wildman–Crippen LogP) is 3.77. The highest BCUT2D eigenvalue weighted by molar-refractivity contribution is 5.29. The zero-order valence-electron chi connectivity index (χ0n) is 9.57. The second-order valence-electron chi connectivity index (χ2n) is 4.42. The summed E-state index contributed by atoms with van der Waals surface area (Å²) < 4.78 is 36.7. The van der Waals surface area contributed by atoms with E-state index in [1.54, 1.807) is 6.08 Å². The fourth-order valence-electron chi connectivity index (χ4n) is 1.05. The summed E-state index contributed by atoms with van der Waals surface area (Å²) in [5.74, 6) is 0. The lowest BCUT2D eigenvalue weighted by atomic mass is 9.85. The average Bonchev–Trinajstić information content (AvgIpc) is 1.99. The van der Waals surface area contributed by atoms with Gasteiger partial charge < -0.3 is 5.73 Å². The van der Waals surface area contributed by atoms with E-state index in [0.29, 0.717) is 12.0 Å². The van der Waals surface area contributed by atoms with E-state index in [1.807, 2.05) is 27.7 Å². The topological polar surface area (TPSA) is 26.0 Å². The number of hydrogen-bond donors (Lipinski definition) is 1. The summed E-state index contributed by atoms with van der Waals surface area (Å²) >= 11 is 0. The van der Waals surface area contributed by atoms with Gasteiger partial charge in [-0.1, -0.05) is 33.8 Å². The third-order valence-electron chi connectivity index (χ3n) is 1.93. The highest BCUT2D eigenvalue weighted by Gasteiger charge is 2.32. The highest BCUT2D eigenvalue weighted by Crippen LogP contribution is 2.30. The Hall–Kier alpha value is -0.930. The van der Waals surface area contributed by atoms with Gasteiger partial charge in [0.15, 0.2) is 0 Å². The molecule has 0 radical (unpaired) electrons. The van der Waals surface area contributed by atoms with Crippen LogP contribution in [0.3, 0.4) is 0 Å². The Morgan fingerprint density at radius 3 is 1.93 bits per heavy atom. The van der Waals surface area contributed by atoms with Gasteiger partial charge in [-0.25, -0.2) is 0 Å². The maximum Gasteiger partial charge on any atom is 0.430 e. The van der Waals surface area contributed by atoms with E-state index < -0.39 is 11.9 Å². The summed E-state index contributed by atoms with van der Waals surface area (Å²) in [6.45, 7) is 7.45. The molecule has 2 N–H and O–H groups in total. The third kappa shape index (κ3) is 4.91. The second-order valence-corrected chi connectivity index (χ2v) is 4.42. The number of halogens is 3. The fraction of sp³-hybridized carbons (Fsp3) is 0.636. The molecule has 0 aromatic carbocycles. The zero-order valence-corrected chi connectivity index (χ0v) is 9.57. The molecule has 0 atom stereocenters. The van der Waals surface area contributed by atoms with Gasteiger partial charge in [0.25, 0.3) is 0 Å². The van der Waals surface area contributed by atoms with Crippen LogP contribution < -0.4 is 5.73 Å². The van der Waals surface area contributed by atoms with Gasteiger partial charge in [-0.3, -0.25) is 0 Å². The van der Waals surface area contributed by atoms with Crippen molar-refractivity contribution < 1.29 is 13.2 Å². The van der Waals surface area contributed by atoms with Gasteiger partial charge in [0.1, 0.15) is 5.70 Å². The van der Waals surface area contributed by atoms with E-state index in [2.05, 4.69) is 0 Å². The van der Waals surface area contributed by atoms with Crippen molar-refractivity contribution in [1.29, 1.82) is 0 Å². The van der Waals surface area contributed by atoms with Crippen molar-refractivity contribution in [1.82, 2.24) is 0 Å². The molecular formula is C11H18F3N. The standard InChI is InChI=1S/C11H18F3N/c1-5-6-8(10(2,3)4)7-9(15)11(12,13)14/h6-7H,5,15H2,1-4H3/b8-6+,9-7-. The van der Waals surface area contributed by atoms with Gasteiger partial charge >= 0.3 is 6.18 Å². The molecule has 0 rings (SSSR count). The molecule has 0 bridgehead atoms. The van der Waals surface area contributed by atoms with Crippen LogP contribution in [0.4, 0.5) is 13.2 Å². The quantitative estimate of drug-likeness (QED) is 0.706. The molecule has 15 heavy (non-hydrogen) atoms. The van der Waals surface area contributed by atoms with Crippen LogP contribution in [0, 0.1) is 5.41 Å². The number of hydrogen-bond acceptors (Lipinski definition) is 1. The van der Waals surface area contributed by atoms with Gasteiger partial charge in [-0.15, -0.1) is 0 Å². The van der Waals surface area contributed by atoms with E-state index >= 15 is 0 Å². The van der Waals surface area contributed by atoms with Gasteiger partial charge in [0.2, 0.25) is 0 Å². The fourth-order valence-corrected chi connectivity index (χ4v) is 1.05. The molecule has 1 nitrogen and oxygen atoms in total. The van der Waals surface area contributed by atoms with Gasteiger partial charge in [-0.05, 0) is 23.5 Å². The monoisotopic (exact) mass is 221 g/mol. The molecule has 0 aliphatic carbocycles. The molecular weight excluding hydrogens is 203 g/mol. The molecule has 0 fully saturated rings. The molecule has 0 aromatic rings. The minimum absolute atomic E-state index is 0.328. The van der Waals surface area contributed by atoms with Crippen LogP contribution in [-0.2, 0) is 0 Å². The van der Waals surface area contributed by atoms with Crippen LogP contribution in [-0.4, -0.2) is 6.18 Å². The third-order valence-corrected chi connectivity index (χ3v) is 1.93. The maximum atomic E-state index is 12.2. The Labute approximate surface area is 88.8 Å². The first-order valence-corrected chi connectivity index (χ1v) is 4.84. The maximum absolute atomic E-state index is 12.2. The van der Waals surface area contributed by atoms with Crippen molar-refractivity contribution in [3.05, 3.63) is 23.4 Å². The van der Waals surface area contributed by atoms with E-state index in [0.717, 1.165) is 6.08 Å². The van der Waals surface area contributed by atoms with Crippen LogP contribution in [0.1, 0.15) is 34.1 Å². The first kappa shape index (κ1) is 14.1. The summed E-state index contributed by atoms with van der Waals surface area (Å²) in [7, 11) is 0. The average molecular weight is 221 g/mol. The van der Waals surface area contributed by atoms with Crippen LogP contribution in [0.25, 0.3) is 0 Å². The van der Waals surface area contributed by atoms with Crippen molar-refractivity contribution >= 4 is 0 Å². The number of rotatable bonds is 2. The molecule has 0 spiro atoms. The van der Waals surface area contributed by atoms with E-state index in [9.17, 15) is 13.2 Å². The van der Waals surface area contributed by atoms with Crippen LogP contribution in [0.15, 0.2) is 23.4 Å². The zero-order chi connectivity index (χ0) is 12.3. The Morgan fingerprint density at radius 1 is 1.20 bits per heavy atom. The summed E-state index contributed by atoms with van der Waals surface area (Å²) in [4.78, 5) is 0. The van der Waals surface area contributed by atoms with E-state index in [4.69, 9.17) is 5.73 Å². The van der Waals surface area contributed by atoms with Crippen molar-refractivity contribution in [2.24, 2.45) is 11.1 Å². The van der Waals surface area contributed by atoms with E-state index in [-0.39, 0.29) is 5.41 Å². The minimum Gasteiger partial charge on any atom is -0.395 e. The molecule has 0 aromatic heterocycles. The smallest absolute Gasteiger partial charge is 0.395 e. The lowest BCUT2D eigenvalue weighted by molar-refractivity contribution is -0.0927. The first-order chi connectivity index (χ1) is 6.59. The summed E-state index contributed by atoms with van der Waals surface area (Å²) in [6, 6.07) is 0. The van der Waals surface area contributed by atoms with Crippen molar-refractivity contribution in [2.75, 3.05) is 0 Å². The number of alkyl halides is 3. The van der Waals surface area contributed by atoms with E-state index in [1.165, 1.54) is 0 Å². The van der Waals surface area contributed by atoms with Crippen molar-refractivity contribution in [3.63, 3.8) is 0 Å². The highest BCUT2D eigenvalue weighted by atomic mass is 19.4. The molecule has 4 heteroatoms. The summed E-state index contributed by atoms with van der Waals surface area (Å²) in [5.41, 5.74) is 4.21. The normalized spacial score (nSPS) is 15.7. The van der Waals surface area contributed by atoms with Gasteiger partial charge in [0, 0.05) is 0 Å². The van der Waals surface area contributed by atoms with Gasteiger partial charge in [0.05, 0.1) is 0 Å². The molecule has 88 valence electrons. The largest absolute Gasteiger partial charge is 0.430 e. The minimum atomic E-state index is -4.45. The number of allylic oxidation sites excluding steroid dienone is 4. The summed E-state index contributed by atoms with van der Waals surface area (Å²) in [5, 5.41) is 0. The van der Waals surface area contributed by atoms with Crippen molar-refractivity contribution in [3.8, 4) is 0 Å². The lowest BCUT2D eigenvalue weighted by Crippen LogP contribution is -2.21.